The number of ether oxygens (including phenoxy) is 1. The zero-order valence-corrected chi connectivity index (χ0v) is 4.93. The third-order valence-corrected chi connectivity index (χ3v) is 0.689. The van der Waals surface area contributed by atoms with Crippen LogP contribution in [-0.2, 0) is 4.74 Å². The van der Waals surface area contributed by atoms with E-state index in [2.05, 4.69) is 4.74 Å². The van der Waals surface area contributed by atoms with Crippen molar-refractivity contribution < 1.29 is 19.0 Å². The van der Waals surface area contributed by atoms with Gasteiger partial charge in [-0.2, -0.15) is 0 Å². The fraction of sp³-hybridized carbons (Fsp3) is 0.400. The Bertz CT molecular complexity index is 130. The van der Waals surface area contributed by atoms with Crippen molar-refractivity contribution in [2.45, 2.75) is 13.3 Å². The molecule has 0 rings (SSSR count). The van der Waals surface area contributed by atoms with Crippen LogP contribution in [-0.4, -0.2) is 11.3 Å². The van der Waals surface area contributed by atoms with Crippen molar-refractivity contribution in [3.63, 3.8) is 0 Å². The van der Waals surface area contributed by atoms with E-state index >= 15 is 0 Å². The Balaban J connectivity index is 3.71. The van der Waals surface area contributed by atoms with E-state index in [1.807, 2.05) is 0 Å². The number of hydrogen-bond acceptors (Lipinski definition) is 2. The topological polar surface area (TPSA) is 46.5 Å². The van der Waals surface area contributed by atoms with Crippen molar-refractivity contribution in [1.82, 2.24) is 0 Å². The Morgan fingerprint density at radius 1 is 1.89 bits per heavy atom. The van der Waals surface area contributed by atoms with Crippen molar-refractivity contribution in [2.75, 3.05) is 0 Å². The molecule has 4 heteroatoms. The molecule has 0 bridgehead atoms. The van der Waals surface area contributed by atoms with E-state index in [1.54, 1.807) is 6.92 Å². The highest BCUT2D eigenvalue weighted by atomic mass is 19.1. The lowest BCUT2D eigenvalue weighted by Crippen LogP contribution is -1.98. The Morgan fingerprint density at radius 3 is 2.56 bits per heavy atom. The van der Waals surface area contributed by atoms with Crippen LogP contribution in [0.2, 0.25) is 0 Å². The van der Waals surface area contributed by atoms with E-state index in [9.17, 15) is 9.18 Å². The van der Waals surface area contributed by atoms with E-state index in [-0.39, 0.29) is 18.5 Å². The van der Waals surface area contributed by atoms with Gasteiger partial charge in [-0.25, -0.2) is 9.18 Å². The molecular weight excluding hydrogens is 127 g/mol. The number of halogens is 1. The van der Waals surface area contributed by atoms with Gasteiger partial charge in [0.2, 0.25) is 0 Å². The minimum atomic E-state index is -1.49. The molecule has 0 heterocycles. The zero-order chi connectivity index (χ0) is 7.28. The number of rotatable bonds is 2. The second-order valence-corrected chi connectivity index (χ2v) is 1.30. The van der Waals surface area contributed by atoms with Crippen molar-refractivity contribution in [1.29, 1.82) is 0 Å². The third-order valence-electron chi connectivity index (χ3n) is 0.689. The summed E-state index contributed by atoms with van der Waals surface area (Å²) in [4.78, 5) is 9.70. The summed E-state index contributed by atoms with van der Waals surface area (Å²) in [6.45, 7) is 1.59. The smallest absolute Gasteiger partial charge is 0.449 e. The predicted octanol–water partition coefficient (Wildman–Crippen LogP) is 1.90. The van der Waals surface area contributed by atoms with Crippen LogP contribution in [0.1, 0.15) is 13.3 Å². The maximum atomic E-state index is 11.5. The van der Waals surface area contributed by atoms with Crippen LogP contribution in [0.3, 0.4) is 0 Å². The second-order valence-electron chi connectivity index (χ2n) is 1.30. The minimum absolute atomic E-state index is 0.133. The molecule has 0 amide bonds. The molecule has 0 atom stereocenters. The Hall–Kier alpha value is -1.06. The number of hydrogen-bond donors (Lipinski definition) is 1. The SMILES string of the molecule is CCC(=CF)OC(=O)O. The highest BCUT2D eigenvalue weighted by Crippen LogP contribution is 2.02. The van der Waals surface area contributed by atoms with E-state index in [1.165, 1.54) is 0 Å². The summed E-state index contributed by atoms with van der Waals surface area (Å²) in [5.41, 5.74) is 0. The van der Waals surface area contributed by atoms with Crippen LogP contribution in [0.4, 0.5) is 9.18 Å². The standard InChI is InChI=1S/C5H7FO3/c1-2-4(3-6)9-5(7)8/h3H,2H2,1H3,(H,7,8). The first-order valence-corrected chi connectivity index (χ1v) is 2.40. The number of carboxylic acid groups (broad SMARTS) is 1. The molecule has 0 aliphatic carbocycles. The lowest BCUT2D eigenvalue weighted by molar-refractivity contribution is 0.115. The molecule has 1 N–H and O–H groups in total. The van der Waals surface area contributed by atoms with Gasteiger partial charge in [-0.05, 0) is 0 Å². The first-order chi connectivity index (χ1) is 4.20. The van der Waals surface area contributed by atoms with Gasteiger partial charge in [-0.1, -0.05) is 6.92 Å². The summed E-state index contributed by atoms with van der Waals surface area (Å²) in [7, 11) is 0. The molecule has 0 radical (unpaired) electrons. The van der Waals surface area contributed by atoms with E-state index in [0.29, 0.717) is 0 Å². The monoisotopic (exact) mass is 134 g/mol. The Labute approximate surface area is 51.7 Å². The molecule has 0 aliphatic rings. The molecule has 9 heavy (non-hydrogen) atoms. The second kappa shape index (κ2) is 3.88. The highest BCUT2D eigenvalue weighted by Gasteiger charge is 2.00. The summed E-state index contributed by atoms with van der Waals surface area (Å²) in [5, 5.41) is 7.92. The quantitative estimate of drug-likeness (QED) is 0.463. The van der Waals surface area contributed by atoms with Gasteiger partial charge >= 0.3 is 6.16 Å². The molecule has 0 unspecified atom stereocenters. The fourth-order valence-corrected chi connectivity index (χ4v) is 0.284. The van der Waals surface area contributed by atoms with Crippen LogP contribution in [0, 0.1) is 0 Å². The first-order valence-electron chi connectivity index (χ1n) is 2.40. The maximum absolute atomic E-state index is 11.5. The van der Waals surface area contributed by atoms with Gasteiger partial charge in [0, 0.05) is 6.42 Å². The van der Waals surface area contributed by atoms with Gasteiger partial charge in [0.25, 0.3) is 0 Å². The Kier molecular flexibility index (Phi) is 3.43. The molecule has 0 saturated heterocycles. The lowest BCUT2D eigenvalue weighted by atomic mass is 10.4. The number of allylic oxidation sites excluding steroid dienone is 1. The zero-order valence-electron chi connectivity index (χ0n) is 4.93. The van der Waals surface area contributed by atoms with Crippen molar-refractivity contribution >= 4 is 6.16 Å². The fourth-order valence-electron chi connectivity index (χ4n) is 0.284. The summed E-state index contributed by atoms with van der Waals surface area (Å²) in [6, 6.07) is 0. The average molecular weight is 134 g/mol. The van der Waals surface area contributed by atoms with Gasteiger partial charge in [-0.3, -0.25) is 0 Å². The van der Waals surface area contributed by atoms with Crippen LogP contribution in [0.25, 0.3) is 0 Å². The molecule has 0 aromatic rings. The van der Waals surface area contributed by atoms with Crippen LogP contribution >= 0.6 is 0 Å². The third kappa shape index (κ3) is 3.52. The molecular formula is C5H7FO3. The van der Waals surface area contributed by atoms with Crippen LogP contribution in [0.15, 0.2) is 12.1 Å². The molecule has 3 nitrogen and oxygen atoms in total. The summed E-state index contributed by atoms with van der Waals surface area (Å²) in [6.07, 6.45) is -1.11. The van der Waals surface area contributed by atoms with Gasteiger partial charge in [0.05, 0.1) is 0 Å². The van der Waals surface area contributed by atoms with Crippen LogP contribution in [0.5, 0.6) is 0 Å². The number of carbonyl (C=O) groups is 1. The molecule has 0 aliphatic heterocycles. The largest absolute Gasteiger partial charge is 0.511 e. The van der Waals surface area contributed by atoms with E-state index < -0.39 is 6.16 Å². The summed E-state index contributed by atoms with van der Waals surface area (Å²) >= 11 is 0. The molecule has 0 saturated carbocycles. The van der Waals surface area contributed by atoms with Gasteiger partial charge < -0.3 is 9.84 Å². The molecule has 0 aromatic carbocycles. The minimum Gasteiger partial charge on any atom is -0.449 e. The molecule has 0 spiro atoms. The lowest BCUT2D eigenvalue weighted by Gasteiger charge is -1.97. The maximum Gasteiger partial charge on any atom is 0.511 e. The molecule has 52 valence electrons. The summed E-state index contributed by atoms with van der Waals surface area (Å²) in [5.74, 6) is -0.178. The van der Waals surface area contributed by atoms with Crippen molar-refractivity contribution in [3.05, 3.63) is 12.1 Å². The highest BCUT2D eigenvalue weighted by molar-refractivity contribution is 5.58. The van der Waals surface area contributed by atoms with Crippen LogP contribution < -0.4 is 0 Å². The summed E-state index contributed by atoms with van der Waals surface area (Å²) < 4.78 is 15.4. The normalized spacial score (nSPS) is 11.1. The van der Waals surface area contributed by atoms with Crippen molar-refractivity contribution in [3.8, 4) is 0 Å². The average Bonchev–Trinajstić information content (AvgIpc) is 1.82. The van der Waals surface area contributed by atoms with Gasteiger partial charge in [0.15, 0.2) is 0 Å². The van der Waals surface area contributed by atoms with E-state index in [4.69, 9.17) is 5.11 Å². The first kappa shape index (κ1) is 7.94. The van der Waals surface area contributed by atoms with Crippen molar-refractivity contribution in [2.24, 2.45) is 0 Å². The molecule has 0 aromatic heterocycles. The van der Waals surface area contributed by atoms with Gasteiger partial charge in [-0.15, -0.1) is 0 Å². The molecule has 0 fully saturated rings. The van der Waals surface area contributed by atoms with E-state index in [0.717, 1.165) is 0 Å². The Morgan fingerprint density at radius 2 is 2.44 bits per heavy atom. The van der Waals surface area contributed by atoms with Gasteiger partial charge in [0.1, 0.15) is 12.1 Å². The predicted molar refractivity (Wildman–Crippen MR) is 28.6 cm³/mol.